The van der Waals surface area contributed by atoms with Crippen molar-refractivity contribution in [2.45, 2.75) is 133 Å². The van der Waals surface area contributed by atoms with Crippen LogP contribution in [0.2, 0.25) is 0 Å². The third-order valence-corrected chi connectivity index (χ3v) is 14.2. The van der Waals surface area contributed by atoms with E-state index < -0.39 is 55.2 Å². The van der Waals surface area contributed by atoms with Crippen LogP contribution >= 0.6 is 0 Å². The summed E-state index contributed by atoms with van der Waals surface area (Å²) in [6.07, 6.45) is 4.51. The average molecular weight is 823 g/mol. The topological polar surface area (TPSA) is 134 Å². The molecule has 2 aliphatic heterocycles. The van der Waals surface area contributed by atoms with Crippen LogP contribution in [0.5, 0.6) is 0 Å². The molecular formula is C45H62N2O8S2. The zero-order chi connectivity index (χ0) is 41.2. The summed E-state index contributed by atoms with van der Waals surface area (Å²) in [6, 6.07) is 28.8. The summed E-state index contributed by atoms with van der Waals surface area (Å²) in [4.78, 5) is 14.3. The van der Waals surface area contributed by atoms with Crippen LogP contribution < -0.4 is 4.72 Å². The van der Waals surface area contributed by atoms with Crippen molar-refractivity contribution in [2.24, 2.45) is 9.81 Å². The number of nitrogens with zero attached hydrogens (tertiary/aromatic N) is 1. The van der Waals surface area contributed by atoms with Crippen LogP contribution in [0.4, 0.5) is 0 Å². The summed E-state index contributed by atoms with van der Waals surface area (Å²) in [7, 11) is 0. The van der Waals surface area contributed by atoms with Gasteiger partial charge in [0, 0.05) is 41.8 Å². The Kier molecular flexibility index (Phi) is 15.9. The largest absolute Gasteiger partial charge is 0.598 e. The Labute approximate surface area is 346 Å². The Hall–Kier alpha value is -2.78. The summed E-state index contributed by atoms with van der Waals surface area (Å²) >= 11 is -3.00. The fraction of sp³-hybridized carbons (Fsp3) is 0.556. The molecule has 5 rings (SSSR count). The molecule has 2 aliphatic rings. The number of hydrogen-bond donors (Lipinski definition) is 1. The van der Waals surface area contributed by atoms with Crippen molar-refractivity contribution < 1.29 is 37.6 Å². The second kappa shape index (κ2) is 20.0. The highest BCUT2D eigenvalue weighted by Crippen LogP contribution is 2.44. The Balaban J connectivity index is 1.36. The molecular weight excluding hydrogens is 761 g/mol. The van der Waals surface area contributed by atoms with Crippen molar-refractivity contribution in [2.75, 3.05) is 19.8 Å². The predicted octanol–water partition coefficient (Wildman–Crippen LogP) is 8.59. The first-order valence-corrected chi connectivity index (χ1v) is 22.5. The van der Waals surface area contributed by atoms with E-state index in [4.69, 9.17) is 23.7 Å². The SMILES string of the molecule is CCC(CC)(C(=O)OCc1ccccc1)[C@@H](CCC1(c2ccccc2)OCCO1)N[S+]([O-])C(C)(C)CC1COC(CCC=N[S+]([O-])C(C)(C)C)(c2ccccc2)O1. The molecule has 0 amide bonds. The maximum absolute atomic E-state index is 14.7. The Morgan fingerprint density at radius 3 is 1.98 bits per heavy atom. The number of nitrogens with one attached hydrogen (secondary N) is 1. The quantitative estimate of drug-likeness (QED) is 0.0676. The Bertz CT molecular complexity index is 1700. The van der Waals surface area contributed by atoms with Crippen molar-refractivity contribution in [3.63, 3.8) is 0 Å². The molecule has 0 saturated carbocycles. The summed E-state index contributed by atoms with van der Waals surface area (Å²) in [5.41, 5.74) is 1.68. The van der Waals surface area contributed by atoms with Crippen molar-refractivity contribution in [1.29, 1.82) is 0 Å². The van der Waals surface area contributed by atoms with E-state index in [1.54, 1.807) is 6.21 Å². The molecule has 0 bridgehead atoms. The van der Waals surface area contributed by atoms with Gasteiger partial charge in [-0.2, -0.15) is 0 Å². The molecule has 0 aliphatic carbocycles. The fourth-order valence-corrected chi connectivity index (χ4v) is 9.47. The van der Waals surface area contributed by atoms with E-state index >= 15 is 0 Å². The van der Waals surface area contributed by atoms with E-state index in [0.29, 0.717) is 64.8 Å². The van der Waals surface area contributed by atoms with Gasteiger partial charge in [-0.3, -0.25) is 4.79 Å². The number of benzene rings is 3. The molecule has 0 aromatic heterocycles. The number of carbonyl (C=O) groups is 1. The number of esters is 1. The minimum Gasteiger partial charge on any atom is -0.598 e. The molecule has 5 atom stereocenters. The fourth-order valence-electron chi connectivity index (χ4n) is 7.66. The smallest absolute Gasteiger partial charge is 0.314 e. The van der Waals surface area contributed by atoms with Gasteiger partial charge in [-0.05, 0) is 65.9 Å². The lowest BCUT2D eigenvalue weighted by Gasteiger charge is -2.41. The van der Waals surface area contributed by atoms with E-state index in [1.165, 1.54) is 0 Å². The van der Waals surface area contributed by atoms with Gasteiger partial charge >= 0.3 is 5.97 Å². The average Bonchev–Trinajstić information content (AvgIpc) is 3.87. The number of rotatable bonds is 20. The summed E-state index contributed by atoms with van der Waals surface area (Å²) < 4.78 is 65.7. The van der Waals surface area contributed by atoms with E-state index in [0.717, 1.165) is 16.7 Å². The van der Waals surface area contributed by atoms with Crippen molar-refractivity contribution >= 4 is 34.9 Å². The molecule has 3 aromatic carbocycles. The standard InChI is InChI=1S/C45H62N2O8S2/c1-8-43(9-2,40(48)51-33-35-20-13-10-14-21-35)39(26-28-44(52-30-31-53-44)36-22-15-11-16-23-36)47-57(50)42(6,7)32-38-34-54-45(55-38,37-24-17-12-18-25-37)27-19-29-46-56(49)41(3,4)5/h10-18,20-25,29,38-39,47H,8-9,19,26-28,30-34H2,1-7H3/t38?,39-,45?,56?,57?/m1/s1. The molecule has 57 heavy (non-hydrogen) atoms. The highest BCUT2D eigenvalue weighted by Gasteiger charge is 2.52. The second-order valence-corrected chi connectivity index (χ2v) is 20.4. The summed E-state index contributed by atoms with van der Waals surface area (Å²) in [5, 5.41) is 0. The number of ether oxygens (including phenoxy) is 5. The van der Waals surface area contributed by atoms with Crippen LogP contribution in [0.3, 0.4) is 0 Å². The van der Waals surface area contributed by atoms with Gasteiger partial charge in [0.25, 0.3) is 0 Å². The third kappa shape index (κ3) is 11.3. The maximum Gasteiger partial charge on any atom is 0.314 e. The molecule has 0 radical (unpaired) electrons. The molecule has 10 nitrogen and oxygen atoms in total. The first kappa shape index (κ1) is 45.3. The van der Waals surface area contributed by atoms with E-state index in [2.05, 4.69) is 9.12 Å². The van der Waals surface area contributed by atoms with Crippen LogP contribution in [0.15, 0.2) is 95.4 Å². The van der Waals surface area contributed by atoms with E-state index in [1.807, 2.05) is 139 Å². The molecule has 1 N–H and O–H groups in total. The zero-order valence-electron chi connectivity index (χ0n) is 34.7. The molecule has 312 valence electrons. The lowest BCUT2D eigenvalue weighted by Crippen LogP contribution is -2.56. The van der Waals surface area contributed by atoms with Crippen molar-refractivity contribution in [3.8, 4) is 0 Å². The minimum absolute atomic E-state index is 0.144. The molecule has 3 aromatic rings. The Morgan fingerprint density at radius 1 is 0.860 bits per heavy atom. The molecule has 12 heteroatoms. The van der Waals surface area contributed by atoms with Crippen molar-refractivity contribution in [1.82, 2.24) is 4.72 Å². The maximum atomic E-state index is 14.7. The monoisotopic (exact) mass is 822 g/mol. The molecule has 2 heterocycles. The van der Waals surface area contributed by atoms with Gasteiger partial charge in [0.2, 0.25) is 0 Å². The number of carbonyl (C=O) groups excluding carboxylic acids is 1. The van der Waals surface area contributed by atoms with Gasteiger partial charge in [0.1, 0.15) is 27.5 Å². The van der Waals surface area contributed by atoms with E-state index in [-0.39, 0.29) is 18.7 Å². The highest BCUT2D eigenvalue weighted by molar-refractivity contribution is 7.91. The normalized spacial score (nSPS) is 21.7. The molecule has 0 spiro atoms. The van der Waals surface area contributed by atoms with Gasteiger partial charge < -0.3 is 32.8 Å². The summed E-state index contributed by atoms with van der Waals surface area (Å²) in [5.74, 6) is -2.36. The Morgan fingerprint density at radius 2 is 1.42 bits per heavy atom. The van der Waals surface area contributed by atoms with Crippen LogP contribution in [-0.4, -0.2) is 62.7 Å². The molecule has 2 fully saturated rings. The van der Waals surface area contributed by atoms with Gasteiger partial charge in [-0.1, -0.05) is 109 Å². The van der Waals surface area contributed by atoms with Crippen LogP contribution in [0.1, 0.15) is 110 Å². The lowest BCUT2D eigenvalue weighted by molar-refractivity contribution is -0.181. The van der Waals surface area contributed by atoms with Gasteiger partial charge in [-0.15, -0.1) is 4.72 Å². The summed E-state index contributed by atoms with van der Waals surface area (Å²) in [6.45, 7) is 14.9. The van der Waals surface area contributed by atoms with Gasteiger partial charge in [0.05, 0.1) is 43.6 Å². The molecule has 2 saturated heterocycles. The van der Waals surface area contributed by atoms with E-state index in [9.17, 15) is 13.9 Å². The van der Waals surface area contributed by atoms with Crippen molar-refractivity contribution in [3.05, 3.63) is 108 Å². The van der Waals surface area contributed by atoms with Gasteiger partial charge in [-0.25, -0.2) is 0 Å². The van der Waals surface area contributed by atoms with Crippen LogP contribution in [0.25, 0.3) is 0 Å². The van der Waals surface area contributed by atoms with Crippen LogP contribution in [-0.2, 0) is 69.4 Å². The lowest BCUT2D eigenvalue weighted by atomic mass is 9.73. The zero-order valence-corrected chi connectivity index (χ0v) is 36.3. The molecule has 4 unspecified atom stereocenters. The highest BCUT2D eigenvalue weighted by atomic mass is 32.2. The predicted molar refractivity (Wildman–Crippen MR) is 227 cm³/mol. The minimum atomic E-state index is -1.64. The van der Waals surface area contributed by atoms with Crippen LogP contribution in [0, 0.1) is 5.41 Å². The third-order valence-electron chi connectivity index (χ3n) is 11.1. The van der Waals surface area contributed by atoms with Gasteiger partial charge in [0.15, 0.2) is 11.6 Å². The first-order valence-electron chi connectivity index (χ1n) is 20.2. The number of hydrogen-bond acceptors (Lipinski definition) is 10. The first-order chi connectivity index (χ1) is 27.2. The second-order valence-electron chi connectivity index (χ2n) is 16.5.